The van der Waals surface area contributed by atoms with Gasteiger partial charge in [-0.25, -0.2) is 9.59 Å². The lowest BCUT2D eigenvalue weighted by Crippen LogP contribution is -2.06. The fourth-order valence-electron chi connectivity index (χ4n) is 2.41. The van der Waals surface area contributed by atoms with Crippen molar-refractivity contribution in [2.45, 2.75) is 20.5 Å². The summed E-state index contributed by atoms with van der Waals surface area (Å²) < 4.78 is 16.4. The molecule has 0 unspecified atom stereocenters. The minimum absolute atomic E-state index is 0.0182. The van der Waals surface area contributed by atoms with Crippen molar-refractivity contribution in [3.63, 3.8) is 0 Å². The maximum absolute atomic E-state index is 11.9. The van der Waals surface area contributed by atoms with E-state index in [-0.39, 0.29) is 6.61 Å². The third-order valence-corrected chi connectivity index (χ3v) is 4.29. The molecular weight excluding hydrogens is 388 g/mol. The minimum Gasteiger partial charge on any atom is -0.458 e. The van der Waals surface area contributed by atoms with E-state index < -0.39 is 11.6 Å². The highest BCUT2D eigenvalue weighted by molar-refractivity contribution is 9.10. The molecule has 0 saturated carbocycles. The van der Waals surface area contributed by atoms with Gasteiger partial charge >= 0.3 is 11.6 Å². The van der Waals surface area contributed by atoms with Crippen molar-refractivity contribution >= 4 is 38.9 Å². The summed E-state index contributed by atoms with van der Waals surface area (Å²) in [6, 6.07) is 8.59. The second-order valence-electron chi connectivity index (χ2n) is 5.56. The van der Waals surface area contributed by atoms with Crippen molar-refractivity contribution in [2.24, 2.45) is 0 Å². The Bertz CT molecular complexity index is 1030. The molecular formula is C19H15BrO5. The number of hydrogen-bond donors (Lipinski definition) is 0. The van der Waals surface area contributed by atoms with Crippen LogP contribution in [-0.2, 0) is 16.1 Å². The van der Waals surface area contributed by atoms with Crippen LogP contribution in [0.2, 0.25) is 0 Å². The number of halogens is 1. The number of benzene rings is 1. The maximum Gasteiger partial charge on any atom is 0.336 e. The van der Waals surface area contributed by atoms with E-state index in [4.69, 9.17) is 13.6 Å². The number of hydrogen-bond acceptors (Lipinski definition) is 5. The Labute approximate surface area is 152 Å². The average Bonchev–Trinajstić information content (AvgIpc) is 3.00. The van der Waals surface area contributed by atoms with Gasteiger partial charge < -0.3 is 13.6 Å². The summed E-state index contributed by atoms with van der Waals surface area (Å²) in [7, 11) is 0. The molecule has 2 aromatic heterocycles. The molecule has 0 saturated heterocycles. The molecule has 0 atom stereocenters. The Morgan fingerprint density at radius 2 is 2.00 bits per heavy atom. The van der Waals surface area contributed by atoms with Gasteiger partial charge in [0.25, 0.3) is 0 Å². The molecule has 3 aromatic rings. The van der Waals surface area contributed by atoms with Crippen LogP contribution in [0.3, 0.4) is 0 Å². The normalized spacial score (nSPS) is 11.3. The second kappa shape index (κ2) is 7.11. The lowest BCUT2D eigenvalue weighted by Gasteiger charge is -2.09. The molecule has 0 aliphatic carbocycles. The first kappa shape index (κ1) is 17.2. The zero-order valence-electron chi connectivity index (χ0n) is 13.7. The summed E-state index contributed by atoms with van der Waals surface area (Å²) in [5.74, 6) is -0.00141. The molecule has 5 nitrogen and oxygen atoms in total. The Hall–Kier alpha value is -2.60. The predicted molar refractivity (Wildman–Crippen MR) is 97.2 cm³/mol. The molecule has 0 aliphatic rings. The van der Waals surface area contributed by atoms with Gasteiger partial charge in [0, 0.05) is 23.1 Å². The van der Waals surface area contributed by atoms with Gasteiger partial charge in [-0.3, -0.25) is 0 Å². The number of furan rings is 1. The zero-order chi connectivity index (χ0) is 18.0. The van der Waals surface area contributed by atoms with E-state index in [1.165, 1.54) is 18.2 Å². The highest BCUT2D eigenvalue weighted by Gasteiger charge is 2.11. The van der Waals surface area contributed by atoms with Gasteiger partial charge in [0.15, 0.2) is 4.67 Å². The summed E-state index contributed by atoms with van der Waals surface area (Å²) in [6.45, 7) is 3.81. The van der Waals surface area contributed by atoms with Crippen LogP contribution in [-0.4, -0.2) is 5.97 Å². The second-order valence-corrected chi connectivity index (χ2v) is 6.34. The van der Waals surface area contributed by atoms with Gasteiger partial charge in [-0.2, -0.15) is 0 Å². The summed E-state index contributed by atoms with van der Waals surface area (Å²) >= 11 is 3.19. The van der Waals surface area contributed by atoms with Gasteiger partial charge in [0.1, 0.15) is 18.0 Å². The van der Waals surface area contributed by atoms with E-state index >= 15 is 0 Å². The van der Waals surface area contributed by atoms with Crippen LogP contribution in [0.1, 0.15) is 22.5 Å². The fraction of sp³-hybridized carbons (Fsp3) is 0.158. The van der Waals surface area contributed by atoms with Crippen LogP contribution in [0, 0.1) is 13.8 Å². The molecule has 6 heteroatoms. The molecule has 0 aliphatic heterocycles. The third-order valence-electron chi connectivity index (χ3n) is 3.87. The van der Waals surface area contributed by atoms with Gasteiger partial charge in [0.2, 0.25) is 0 Å². The quantitative estimate of drug-likeness (QED) is 0.364. The number of rotatable bonds is 4. The molecule has 2 heterocycles. The molecule has 0 spiro atoms. The van der Waals surface area contributed by atoms with Crippen molar-refractivity contribution in [3.05, 3.63) is 73.9 Å². The summed E-state index contributed by atoms with van der Waals surface area (Å²) in [6.07, 6.45) is 2.78. The minimum atomic E-state index is -0.530. The van der Waals surface area contributed by atoms with Crippen molar-refractivity contribution in [1.29, 1.82) is 0 Å². The Morgan fingerprint density at radius 1 is 1.20 bits per heavy atom. The zero-order valence-corrected chi connectivity index (χ0v) is 15.3. The Kier molecular flexibility index (Phi) is 4.90. The lowest BCUT2D eigenvalue weighted by atomic mass is 10.0. The summed E-state index contributed by atoms with van der Waals surface area (Å²) in [4.78, 5) is 23.7. The van der Waals surface area contributed by atoms with Crippen molar-refractivity contribution in [2.75, 3.05) is 0 Å². The summed E-state index contributed by atoms with van der Waals surface area (Å²) in [5, 5.41) is 0.759. The Morgan fingerprint density at radius 3 is 2.72 bits per heavy atom. The highest BCUT2D eigenvalue weighted by Crippen LogP contribution is 2.23. The number of fused-ring (bicyclic) bond motifs is 1. The molecule has 0 bridgehead atoms. The smallest absolute Gasteiger partial charge is 0.336 e. The number of esters is 1. The van der Waals surface area contributed by atoms with Crippen LogP contribution in [0.5, 0.6) is 0 Å². The molecule has 1 aromatic carbocycles. The van der Waals surface area contributed by atoms with E-state index in [0.29, 0.717) is 21.6 Å². The van der Waals surface area contributed by atoms with Crippen molar-refractivity contribution in [3.8, 4) is 0 Å². The van der Waals surface area contributed by atoms with Gasteiger partial charge in [-0.05, 0) is 59.1 Å². The third kappa shape index (κ3) is 3.91. The van der Waals surface area contributed by atoms with E-state index in [1.54, 1.807) is 12.1 Å². The number of aryl methyl sites for hydroxylation is 2. The molecule has 128 valence electrons. The first-order valence-electron chi connectivity index (χ1n) is 7.57. The molecule has 0 N–H and O–H groups in total. The number of carbonyl (C=O) groups excluding carboxylic acids is 1. The van der Waals surface area contributed by atoms with Gasteiger partial charge in [0.05, 0.1) is 0 Å². The van der Waals surface area contributed by atoms with E-state index in [0.717, 1.165) is 16.5 Å². The largest absolute Gasteiger partial charge is 0.458 e. The van der Waals surface area contributed by atoms with Crippen LogP contribution in [0.4, 0.5) is 0 Å². The van der Waals surface area contributed by atoms with Gasteiger partial charge in [-0.1, -0.05) is 12.1 Å². The predicted octanol–water partition coefficient (Wildman–Crippen LogP) is 4.52. The van der Waals surface area contributed by atoms with Gasteiger partial charge in [-0.15, -0.1) is 0 Å². The SMILES string of the molecule is Cc1ccc2c(COC(=O)/C=C/c3ccc(Br)o3)cc(=O)oc2c1C. The first-order chi connectivity index (χ1) is 11.9. The standard InChI is InChI=1S/C19H15BrO5/c1-11-3-6-15-13(9-18(22)25-19(15)12(11)2)10-23-17(21)8-5-14-4-7-16(20)24-14/h3-9H,10H2,1-2H3/b8-5+. The van der Waals surface area contributed by atoms with Crippen molar-refractivity contribution < 1.29 is 18.4 Å². The monoisotopic (exact) mass is 402 g/mol. The van der Waals surface area contributed by atoms with Crippen LogP contribution in [0.25, 0.3) is 17.0 Å². The first-order valence-corrected chi connectivity index (χ1v) is 8.36. The van der Waals surface area contributed by atoms with Crippen LogP contribution < -0.4 is 5.63 Å². The van der Waals surface area contributed by atoms with E-state index in [9.17, 15) is 9.59 Å². The topological polar surface area (TPSA) is 69.7 Å². The molecule has 0 amide bonds. The molecule has 25 heavy (non-hydrogen) atoms. The lowest BCUT2D eigenvalue weighted by molar-refractivity contribution is -0.138. The molecule has 0 radical (unpaired) electrons. The number of carbonyl (C=O) groups is 1. The molecule has 0 fully saturated rings. The fourth-order valence-corrected chi connectivity index (χ4v) is 2.73. The molecule has 3 rings (SSSR count). The van der Waals surface area contributed by atoms with Crippen molar-refractivity contribution in [1.82, 2.24) is 0 Å². The van der Waals surface area contributed by atoms with Crippen LogP contribution in [0.15, 0.2) is 54.7 Å². The van der Waals surface area contributed by atoms with Crippen LogP contribution >= 0.6 is 15.9 Å². The highest BCUT2D eigenvalue weighted by atomic mass is 79.9. The average molecular weight is 403 g/mol. The number of ether oxygens (including phenoxy) is 1. The summed E-state index contributed by atoms with van der Waals surface area (Å²) in [5.41, 5.74) is 2.58. The maximum atomic E-state index is 11.9. The van der Waals surface area contributed by atoms with E-state index in [2.05, 4.69) is 15.9 Å². The Balaban J connectivity index is 1.79. The van der Waals surface area contributed by atoms with E-state index in [1.807, 2.05) is 26.0 Å².